The van der Waals surface area contributed by atoms with Gasteiger partial charge in [0.1, 0.15) is 6.04 Å². The average Bonchev–Trinajstić information content (AvgIpc) is 3.00. The van der Waals surface area contributed by atoms with Gasteiger partial charge in [0.15, 0.2) is 0 Å². The van der Waals surface area contributed by atoms with Crippen LogP contribution in [0.1, 0.15) is 46.9 Å². The summed E-state index contributed by atoms with van der Waals surface area (Å²) in [6, 6.07) is 8.78. The van der Waals surface area contributed by atoms with Crippen LogP contribution >= 0.6 is 15.9 Å². The summed E-state index contributed by atoms with van der Waals surface area (Å²) in [5.41, 5.74) is 2.47. The van der Waals surface area contributed by atoms with Gasteiger partial charge in [0.05, 0.1) is 10.7 Å². The summed E-state index contributed by atoms with van der Waals surface area (Å²) in [5.74, 6) is -1.33. The number of carboxylic acid groups (broad SMARTS) is 1. The molecule has 1 aliphatic carbocycles. The van der Waals surface area contributed by atoms with E-state index in [0.717, 1.165) is 19.3 Å². The first-order chi connectivity index (χ1) is 11.6. The van der Waals surface area contributed by atoms with Gasteiger partial charge in [0.2, 0.25) is 5.76 Å². The Morgan fingerprint density at radius 1 is 1.33 bits per heavy atom. The van der Waals surface area contributed by atoms with Crippen LogP contribution in [0.5, 0.6) is 0 Å². The van der Waals surface area contributed by atoms with Crippen molar-refractivity contribution in [3.63, 3.8) is 0 Å². The third-order valence-electron chi connectivity index (χ3n) is 4.44. The molecule has 5 nitrogen and oxygen atoms in total. The largest absolute Gasteiger partial charge is 0.480 e. The van der Waals surface area contributed by atoms with Crippen molar-refractivity contribution in [3.8, 4) is 0 Å². The number of rotatable bonds is 5. The minimum Gasteiger partial charge on any atom is -0.480 e. The zero-order chi connectivity index (χ0) is 17.1. The Morgan fingerprint density at radius 2 is 2.12 bits per heavy atom. The van der Waals surface area contributed by atoms with E-state index in [1.807, 2.05) is 12.1 Å². The number of furan rings is 1. The molecular weight excluding hydrogens is 374 g/mol. The normalized spacial score (nSPS) is 17.8. The Kier molecular flexibility index (Phi) is 5.04. The molecule has 0 saturated heterocycles. The predicted octanol–water partition coefficient (Wildman–Crippen LogP) is 3.74. The summed E-state index contributed by atoms with van der Waals surface area (Å²) in [6.45, 7) is 0. The van der Waals surface area contributed by atoms with Crippen molar-refractivity contribution in [2.24, 2.45) is 0 Å². The Morgan fingerprint density at radius 3 is 2.83 bits per heavy atom. The Hall–Kier alpha value is -2.08. The standard InChI is InChI=1S/C18H18BrNO4/c19-14-8-9-24-16(14)17(21)20-15(18(22)23)10-12-6-3-5-11-4-1-2-7-13(11)12/h1-2,4,7-9,12,15H,3,5-6,10H2,(H,20,21)(H,22,23). The first-order valence-corrected chi connectivity index (χ1v) is 8.70. The van der Waals surface area contributed by atoms with E-state index in [2.05, 4.69) is 33.4 Å². The quantitative estimate of drug-likeness (QED) is 0.813. The summed E-state index contributed by atoms with van der Waals surface area (Å²) < 4.78 is 5.61. The maximum Gasteiger partial charge on any atom is 0.326 e. The molecule has 3 rings (SSSR count). The van der Waals surface area contributed by atoms with Gasteiger partial charge in [-0.05, 0) is 64.7 Å². The molecule has 1 amide bonds. The van der Waals surface area contributed by atoms with Gasteiger partial charge in [-0.15, -0.1) is 0 Å². The van der Waals surface area contributed by atoms with E-state index >= 15 is 0 Å². The molecule has 0 saturated carbocycles. The topological polar surface area (TPSA) is 79.5 Å². The molecule has 0 bridgehead atoms. The van der Waals surface area contributed by atoms with Crippen molar-refractivity contribution in [2.75, 3.05) is 0 Å². The van der Waals surface area contributed by atoms with Crippen LogP contribution in [0.25, 0.3) is 0 Å². The Bertz CT molecular complexity index is 755. The number of carbonyl (C=O) groups excluding carboxylic acids is 1. The van der Waals surface area contributed by atoms with Crippen LogP contribution in [0, 0.1) is 0 Å². The van der Waals surface area contributed by atoms with Gasteiger partial charge in [-0.2, -0.15) is 0 Å². The number of hydrogen-bond donors (Lipinski definition) is 2. The molecular formula is C18H18BrNO4. The van der Waals surface area contributed by atoms with Crippen LogP contribution in [0.4, 0.5) is 0 Å². The highest BCUT2D eigenvalue weighted by Crippen LogP contribution is 2.34. The molecule has 0 aliphatic heterocycles. The molecule has 1 heterocycles. The fraction of sp³-hybridized carbons (Fsp3) is 0.333. The summed E-state index contributed by atoms with van der Waals surface area (Å²) in [4.78, 5) is 23.8. The lowest BCUT2D eigenvalue weighted by atomic mass is 9.79. The summed E-state index contributed by atoms with van der Waals surface area (Å²) >= 11 is 3.21. The van der Waals surface area contributed by atoms with E-state index in [0.29, 0.717) is 10.9 Å². The van der Waals surface area contributed by atoms with Gasteiger partial charge in [-0.25, -0.2) is 4.79 Å². The minimum atomic E-state index is -1.03. The van der Waals surface area contributed by atoms with E-state index in [1.165, 1.54) is 17.4 Å². The molecule has 0 spiro atoms. The number of benzene rings is 1. The molecule has 2 atom stereocenters. The molecule has 2 N–H and O–H groups in total. The second kappa shape index (κ2) is 7.21. The van der Waals surface area contributed by atoms with Crippen molar-refractivity contribution < 1.29 is 19.1 Å². The molecule has 1 aromatic carbocycles. The molecule has 1 aromatic heterocycles. The van der Waals surface area contributed by atoms with E-state index in [4.69, 9.17) is 4.42 Å². The van der Waals surface area contributed by atoms with Crippen molar-refractivity contribution in [3.05, 3.63) is 58.0 Å². The van der Waals surface area contributed by atoms with Gasteiger partial charge in [-0.1, -0.05) is 24.3 Å². The third-order valence-corrected chi connectivity index (χ3v) is 5.07. The molecule has 2 unspecified atom stereocenters. The van der Waals surface area contributed by atoms with Crippen LogP contribution in [0.15, 0.2) is 45.5 Å². The number of halogens is 1. The van der Waals surface area contributed by atoms with Crippen LogP contribution in [-0.4, -0.2) is 23.0 Å². The molecule has 0 fully saturated rings. The number of fused-ring (bicyclic) bond motifs is 1. The van der Waals surface area contributed by atoms with Gasteiger partial charge in [0, 0.05) is 0 Å². The zero-order valence-electron chi connectivity index (χ0n) is 13.0. The summed E-state index contributed by atoms with van der Waals surface area (Å²) in [6.07, 6.45) is 4.74. The fourth-order valence-corrected chi connectivity index (χ4v) is 3.67. The Balaban J connectivity index is 1.75. The molecule has 1 aliphatic rings. The highest BCUT2D eigenvalue weighted by Gasteiger charge is 2.29. The first kappa shape index (κ1) is 16.8. The van der Waals surface area contributed by atoms with Crippen molar-refractivity contribution in [1.82, 2.24) is 5.32 Å². The number of hydrogen-bond acceptors (Lipinski definition) is 3. The van der Waals surface area contributed by atoms with E-state index in [9.17, 15) is 14.7 Å². The van der Waals surface area contributed by atoms with Crippen molar-refractivity contribution >= 4 is 27.8 Å². The fourth-order valence-electron chi connectivity index (χ4n) is 3.28. The van der Waals surface area contributed by atoms with Gasteiger partial charge < -0.3 is 14.8 Å². The number of aliphatic carboxylic acids is 1. The highest BCUT2D eigenvalue weighted by atomic mass is 79.9. The maximum absolute atomic E-state index is 12.2. The molecule has 6 heteroatoms. The summed E-state index contributed by atoms with van der Waals surface area (Å²) in [7, 11) is 0. The van der Waals surface area contributed by atoms with Gasteiger partial charge >= 0.3 is 5.97 Å². The average molecular weight is 392 g/mol. The van der Waals surface area contributed by atoms with Crippen LogP contribution in [0.3, 0.4) is 0 Å². The van der Waals surface area contributed by atoms with Gasteiger partial charge in [-0.3, -0.25) is 4.79 Å². The Labute approximate surface area is 148 Å². The molecule has 2 aromatic rings. The monoisotopic (exact) mass is 391 g/mol. The SMILES string of the molecule is O=C(NC(CC1CCCc2ccccc21)C(=O)O)c1occc1Br. The van der Waals surface area contributed by atoms with Crippen molar-refractivity contribution in [2.45, 2.75) is 37.6 Å². The lowest BCUT2D eigenvalue weighted by Gasteiger charge is -2.27. The molecule has 24 heavy (non-hydrogen) atoms. The number of amides is 1. The van der Waals surface area contributed by atoms with Crippen LogP contribution in [0.2, 0.25) is 0 Å². The van der Waals surface area contributed by atoms with E-state index in [-0.39, 0.29) is 11.7 Å². The number of carbonyl (C=O) groups is 2. The number of carboxylic acids is 1. The first-order valence-electron chi connectivity index (χ1n) is 7.90. The van der Waals surface area contributed by atoms with Crippen molar-refractivity contribution in [1.29, 1.82) is 0 Å². The molecule has 0 radical (unpaired) electrons. The highest BCUT2D eigenvalue weighted by molar-refractivity contribution is 9.10. The molecule has 126 valence electrons. The minimum absolute atomic E-state index is 0.0882. The number of aryl methyl sites for hydroxylation is 1. The predicted molar refractivity (Wildman–Crippen MR) is 92.0 cm³/mol. The van der Waals surface area contributed by atoms with Crippen LogP contribution < -0.4 is 5.32 Å². The van der Waals surface area contributed by atoms with E-state index in [1.54, 1.807) is 6.07 Å². The lowest BCUT2D eigenvalue weighted by Crippen LogP contribution is -2.42. The smallest absolute Gasteiger partial charge is 0.326 e. The van der Waals surface area contributed by atoms with E-state index < -0.39 is 17.9 Å². The zero-order valence-corrected chi connectivity index (χ0v) is 14.6. The maximum atomic E-state index is 12.2. The second-order valence-corrected chi connectivity index (χ2v) is 6.84. The second-order valence-electron chi connectivity index (χ2n) is 5.99. The lowest BCUT2D eigenvalue weighted by molar-refractivity contribution is -0.139. The number of nitrogens with one attached hydrogen (secondary N) is 1. The summed E-state index contributed by atoms with van der Waals surface area (Å²) in [5, 5.41) is 12.1. The van der Waals surface area contributed by atoms with Gasteiger partial charge in [0.25, 0.3) is 5.91 Å². The third kappa shape index (κ3) is 3.53. The van der Waals surface area contributed by atoms with Crippen LogP contribution in [-0.2, 0) is 11.2 Å².